The zero-order chi connectivity index (χ0) is 18.8. The van der Waals surface area contributed by atoms with Gasteiger partial charge in [0.25, 0.3) is 0 Å². The first kappa shape index (κ1) is 21.0. The van der Waals surface area contributed by atoms with E-state index in [1.165, 1.54) is 0 Å². The van der Waals surface area contributed by atoms with Crippen molar-refractivity contribution in [3.8, 4) is 0 Å². The summed E-state index contributed by atoms with van der Waals surface area (Å²) in [6.45, 7) is 10.2. The zero-order valence-electron chi connectivity index (χ0n) is 16.5. The van der Waals surface area contributed by atoms with Crippen LogP contribution in [0.2, 0.25) is 0 Å². The molecule has 1 amide bonds. The maximum atomic E-state index is 12.0. The highest BCUT2D eigenvalue weighted by Crippen LogP contribution is 2.18. The topological polar surface area (TPSA) is 80.2 Å². The van der Waals surface area contributed by atoms with Gasteiger partial charge in [0.2, 0.25) is 5.91 Å². The first-order valence-electron chi connectivity index (χ1n) is 10.3. The molecule has 0 aromatic rings. The Morgan fingerprint density at radius 3 is 2.50 bits per heavy atom. The second kappa shape index (κ2) is 11.4. The van der Waals surface area contributed by atoms with Crippen LogP contribution in [-0.4, -0.2) is 85.2 Å². The molecule has 150 valence electrons. The van der Waals surface area contributed by atoms with Gasteiger partial charge < -0.3 is 20.6 Å². The third kappa shape index (κ3) is 7.50. The number of hydrogen-bond donors (Lipinski definition) is 3. The Labute approximate surface area is 158 Å². The van der Waals surface area contributed by atoms with E-state index in [1.54, 1.807) is 0 Å². The highest BCUT2D eigenvalue weighted by atomic mass is 16.3. The number of nitrogens with one attached hydrogen (secondary N) is 2. The van der Waals surface area contributed by atoms with Gasteiger partial charge in [-0.3, -0.25) is 14.7 Å². The van der Waals surface area contributed by atoms with Crippen molar-refractivity contribution in [2.75, 3.05) is 52.4 Å². The lowest BCUT2D eigenvalue weighted by molar-refractivity contribution is -0.122. The first-order valence-corrected chi connectivity index (χ1v) is 10.3. The monoisotopic (exact) mass is 367 g/mol. The van der Waals surface area contributed by atoms with Crippen LogP contribution >= 0.6 is 0 Å². The fourth-order valence-electron chi connectivity index (χ4n) is 3.38. The summed E-state index contributed by atoms with van der Waals surface area (Å²) in [5, 5.41) is 15.7. The van der Waals surface area contributed by atoms with Gasteiger partial charge in [-0.2, -0.15) is 0 Å². The summed E-state index contributed by atoms with van der Waals surface area (Å²) in [6.07, 6.45) is 5.32. The van der Waals surface area contributed by atoms with Crippen LogP contribution < -0.4 is 10.6 Å². The molecule has 7 nitrogen and oxygen atoms in total. The van der Waals surface area contributed by atoms with Crippen molar-refractivity contribution in [3.05, 3.63) is 0 Å². The first-order chi connectivity index (χ1) is 12.7. The second-order valence-electron chi connectivity index (χ2n) is 7.47. The van der Waals surface area contributed by atoms with Crippen molar-refractivity contribution in [1.82, 2.24) is 20.4 Å². The van der Waals surface area contributed by atoms with Crippen molar-refractivity contribution in [2.24, 2.45) is 10.9 Å². The Hall–Kier alpha value is -1.34. The van der Waals surface area contributed by atoms with E-state index in [-0.39, 0.29) is 12.5 Å². The molecular formula is C19H37N5O2. The molecule has 3 N–H and O–H groups in total. The van der Waals surface area contributed by atoms with Gasteiger partial charge in [0.1, 0.15) is 0 Å². The molecule has 7 heteroatoms. The van der Waals surface area contributed by atoms with Crippen molar-refractivity contribution < 1.29 is 9.90 Å². The summed E-state index contributed by atoms with van der Waals surface area (Å²) in [4.78, 5) is 21.3. The number of carbonyl (C=O) groups is 1. The number of aliphatic hydroxyl groups excluding tert-OH is 1. The zero-order valence-corrected chi connectivity index (χ0v) is 16.5. The molecule has 2 aliphatic rings. The van der Waals surface area contributed by atoms with Crippen molar-refractivity contribution in [2.45, 2.75) is 52.0 Å². The molecule has 1 aliphatic heterocycles. The molecule has 0 aromatic heterocycles. The number of hydrogen-bond acceptors (Lipinski definition) is 4. The van der Waals surface area contributed by atoms with Crippen LogP contribution in [0.1, 0.15) is 46.0 Å². The molecule has 0 radical (unpaired) electrons. The van der Waals surface area contributed by atoms with Crippen LogP contribution in [0.25, 0.3) is 0 Å². The molecule has 1 saturated carbocycles. The van der Waals surface area contributed by atoms with Gasteiger partial charge in [-0.15, -0.1) is 0 Å². The third-order valence-electron chi connectivity index (χ3n) is 5.05. The summed E-state index contributed by atoms with van der Waals surface area (Å²) in [5.74, 6) is 1.58. The Morgan fingerprint density at radius 1 is 1.19 bits per heavy atom. The van der Waals surface area contributed by atoms with Crippen molar-refractivity contribution in [1.29, 1.82) is 0 Å². The molecule has 0 aromatic carbocycles. The van der Waals surface area contributed by atoms with E-state index in [2.05, 4.69) is 34.3 Å². The van der Waals surface area contributed by atoms with Gasteiger partial charge in [0, 0.05) is 51.9 Å². The van der Waals surface area contributed by atoms with Crippen LogP contribution in [0.5, 0.6) is 0 Å². The van der Waals surface area contributed by atoms with E-state index >= 15 is 0 Å². The molecule has 2 rings (SSSR count). The maximum absolute atomic E-state index is 12.0. The smallest absolute Gasteiger partial charge is 0.234 e. The number of piperazine rings is 1. The van der Waals surface area contributed by atoms with Gasteiger partial charge in [0.15, 0.2) is 5.96 Å². The number of guanidine groups is 1. The normalized spacial score (nSPS) is 20.1. The van der Waals surface area contributed by atoms with Crippen molar-refractivity contribution >= 4 is 11.9 Å². The van der Waals surface area contributed by atoms with E-state index in [4.69, 9.17) is 4.99 Å². The standard InChI is InChI=1S/C19H37N5O2/c1-3-5-16(8-13-25)14-21-19(20-4-2)24-11-9-23(10-12-24)15-18(26)22-17-6-7-17/h16-17,25H,3-15H2,1-2H3,(H,20,21)(H,22,26). The molecule has 1 atom stereocenters. The number of rotatable bonds is 10. The minimum absolute atomic E-state index is 0.160. The van der Waals surface area contributed by atoms with Crippen molar-refractivity contribution in [3.63, 3.8) is 0 Å². The molecule has 2 fully saturated rings. The van der Waals surface area contributed by atoms with Gasteiger partial charge in [-0.25, -0.2) is 0 Å². The van der Waals surface area contributed by atoms with Crippen LogP contribution in [0.3, 0.4) is 0 Å². The minimum Gasteiger partial charge on any atom is -0.396 e. The number of amides is 1. The van der Waals surface area contributed by atoms with E-state index < -0.39 is 0 Å². The van der Waals surface area contributed by atoms with Gasteiger partial charge in [-0.05, 0) is 38.5 Å². The Kier molecular flexibility index (Phi) is 9.18. The highest BCUT2D eigenvalue weighted by molar-refractivity contribution is 5.80. The van der Waals surface area contributed by atoms with Gasteiger partial charge >= 0.3 is 0 Å². The molecule has 0 spiro atoms. The highest BCUT2D eigenvalue weighted by Gasteiger charge is 2.26. The fraction of sp³-hybridized carbons (Fsp3) is 0.895. The Morgan fingerprint density at radius 2 is 1.92 bits per heavy atom. The summed E-state index contributed by atoms with van der Waals surface area (Å²) in [7, 11) is 0. The second-order valence-corrected chi connectivity index (χ2v) is 7.47. The van der Waals surface area contributed by atoms with E-state index in [9.17, 15) is 9.90 Å². The lowest BCUT2D eigenvalue weighted by Gasteiger charge is -2.36. The van der Waals surface area contributed by atoms with Crippen LogP contribution in [0, 0.1) is 5.92 Å². The number of aliphatic imine (C=N–C) groups is 1. The predicted molar refractivity (Wildman–Crippen MR) is 105 cm³/mol. The minimum atomic E-state index is 0.160. The molecule has 1 saturated heterocycles. The lowest BCUT2D eigenvalue weighted by Crippen LogP contribution is -2.54. The van der Waals surface area contributed by atoms with Gasteiger partial charge in [-0.1, -0.05) is 13.3 Å². The predicted octanol–water partition coefficient (Wildman–Crippen LogP) is 0.647. The molecule has 1 aliphatic carbocycles. The van der Waals surface area contributed by atoms with E-state index in [1.807, 2.05) is 0 Å². The molecular weight excluding hydrogens is 330 g/mol. The largest absolute Gasteiger partial charge is 0.396 e. The Balaban J connectivity index is 1.79. The summed E-state index contributed by atoms with van der Waals surface area (Å²) >= 11 is 0. The number of carbonyl (C=O) groups excluding carboxylic acids is 1. The Bertz CT molecular complexity index is 439. The van der Waals surface area contributed by atoms with E-state index in [0.717, 1.165) is 77.3 Å². The fourth-order valence-corrected chi connectivity index (χ4v) is 3.38. The maximum Gasteiger partial charge on any atom is 0.234 e. The van der Waals surface area contributed by atoms with Gasteiger partial charge in [0.05, 0.1) is 6.54 Å². The van der Waals surface area contributed by atoms with Crippen LogP contribution in [0.15, 0.2) is 4.99 Å². The molecule has 26 heavy (non-hydrogen) atoms. The van der Waals surface area contributed by atoms with Crippen LogP contribution in [-0.2, 0) is 4.79 Å². The SMILES string of the molecule is CCCC(CCO)CN=C(NCC)N1CCN(CC(=O)NC2CC2)CC1. The van der Waals surface area contributed by atoms with Crippen LogP contribution in [0.4, 0.5) is 0 Å². The average molecular weight is 368 g/mol. The number of nitrogens with zero attached hydrogens (tertiary/aromatic N) is 3. The quantitative estimate of drug-likeness (QED) is 0.390. The average Bonchev–Trinajstić information content (AvgIpc) is 3.43. The summed E-state index contributed by atoms with van der Waals surface area (Å²) in [6, 6.07) is 0.436. The third-order valence-corrected chi connectivity index (χ3v) is 5.05. The molecule has 0 bridgehead atoms. The van der Waals surface area contributed by atoms with E-state index in [0.29, 0.717) is 18.5 Å². The summed E-state index contributed by atoms with van der Waals surface area (Å²) in [5.41, 5.74) is 0. The summed E-state index contributed by atoms with van der Waals surface area (Å²) < 4.78 is 0. The molecule has 1 heterocycles. The number of aliphatic hydroxyl groups is 1. The molecule has 1 unspecified atom stereocenters. The lowest BCUT2D eigenvalue weighted by atomic mass is 10.0.